The molecular weight excluding hydrogens is 342 g/mol. The predicted octanol–water partition coefficient (Wildman–Crippen LogP) is 5.34. The SMILES string of the molecule is Cc1ccc(C)c(N2C(=O)c3sc4nc(C)cc(C)c4c3NC2(C)C)c1. The molecule has 2 aromatic heterocycles. The van der Waals surface area contributed by atoms with E-state index in [0.29, 0.717) is 0 Å². The molecule has 4 nitrogen and oxygen atoms in total. The molecule has 26 heavy (non-hydrogen) atoms. The number of hydrogen-bond acceptors (Lipinski definition) is 4. The largest absolute Gasteiger partial charge is 0.361 e. The maximum atomic E-state index is 13.5. The molecule has 4 rings (SSSR count). The number of benzene rings is 1. The Morgan fingerprint density at radius 2 is 1.81 bits per heavy atom. The van der Waals surface area contributed by atoms with Crippen LogP contribution >= 0.6 is 11.3 Å². The van der Waals surface area contributed by atoms with Crippen LogP contribution in [0.5, 0.6) is 0 Å². The van der Waals surface area contributed by atoms with Gasteiger partial charge in [0.2, 0.25) is 0 Å². The third-order valence-corrected chi connectivity index (χ3v) is 6.05. The second-order valence-corrected chi connectivity index (χ2v) is 8.68. The lowest BCUT2D eigenvalue weighted by molar-refractivity contribution is 0.0965. The first-order valence-electron chi connectivity index (χ1n) is 8.80. The van der Waals surface area contributed by atoms with E-state index in [-0.39, 0.29) is 5.91 Å². The van der Waals surface area contributed by atoms with Crippen LogP contribution < -0.4 is 10.2 Å². The molecule has 0 saturated carbocycles. The van der Waals surface area contributed by atoms with Gasteiger partial charge in [-0.3, -0.25) is 9.69 Å². The summed E-state index contributed by atoms with van der Waals surface area (Å²) in [6, 6.07) is 8.31. The summed E-state index contributed by atoms with van der Waals surface area (Å²) in [5.74, 6) is 0.0394. The predicted molar refractivity (Wildman–Crippen MR) is 110 cm³/mol. The summed E-state index contributed by atoms with van der Waals surface area (Å²) in [6.45, 7) is 12.3. The minimum atomic E-state index is -0.534. The Morgan fingerprint density at radius 1 is 1.08 bits per heavy atom. The van der Waals surface area contributed by atoms with Crippen molar-refractivity contribution < 1.29 is 4.79 Å². The first-order valence-corrected chi connectivity index (χ1v) is 9.61. The van der Waals surface area contributed by atoms with Crippen LogP contribution in [-0.2, 0) is 0 Å². The van der Waals surface area contributed by atoms with Crippen molar-refractivity contribution in [3.63, 3.8) is 0 Å². The zero-order valence-corrected chi connectivity index (χ0v) is 16.8. The van der Waals surface area contributed by atoms with Gasteiger partial charge in [-0.2, -0.15) is 0 Å². The molecule has 3 heterocycles. The summed E-state index contributed by atoms with van der Waals surface area (Å²) >= 11 is 1.48. The molecule has 1 aromatic carbocycles. The highest BCUT2D eigenvalue weighted by Gasteiger charge is 2.41. The summed E-state index contributed by atoms with van der Waals surface area (Å²) in [7, 11) is 0. The number of rotatable bonds is 1. The normalized spacial score (nSPS) is 15.9. The number of anilines is 2. The number of nitrogens with zero attached hydrogens (tertiary/aromatic N) is 2. The molecule has 3 aromatic rings. The quantitative estimate of drug-likeness (QED) is 0.633. The highest BCUT2D eigenvalue weighted by Crippen LogP contribution is 2.45. The van der Waals surface area contributed by atoms with Gasteiger partial charge >= 0.3 is 0 Å². The van der Waals surface area contributed by atoms with Crippen molar-refractivity contribution in [2.24, 2.45) is 0 Å². The number of carbonyl (C=O) groups excluding carboxylic acids is 1. The number of hydrogen-bond donors (Lipinski definition) is 1. The van der Waals surface area contributed by atoms with E-state index in [9.17, 15) is 4.79 Å². The average molecular weight is 366 g/mol. The molecule has 0 aliphatic carbocycles. The average Bonchev–Trinajstić information content (AvgIpc) is 2.88. The maximum Gasteiger partial charge on any atom is 0.272 e. The molecule has 1 N–H and O–H groups in total. The van der Waals surface area contributed by atoms with Gasteiger partial charge in [-0.25, -0.2) is 4.98 Å². The van der Waals surface area contributed by atoms with Gasteiger partial charge in [0.25, 0.3) is 5.91 Å². The van der Waals surface area contributed by atoms with E-state index < -0.39 is 5.66 Å². The van der Waals surface area contributed by atoms with Crippen LogP contribution in [0.3, 0.4) is 0 Å². The molecular formula is C21H23N3OS. The number of amides is 1. The van der Waals surface area contributed by atoms with E-state index in [2.05, 4.69) is 62.3 Å². The number of fused-ring (bicyclic) bond motifs is 3. The lowest BCUT2D eigenvalue weighted by atomic mass is 10.0. The molecule has 0 spiro atoms. The van der Waals surface area contributed by atoms with Gasteiger partial charge in [0.1, 0.15) is 15.4 Å². The molecule has 134 valence electrons. The van der Waals surface area contributed by atoms with Gasteiger partial charge in [0.05, 0.1) is 5.69 Å². The van der Waals surface area contributed by atoms with Crippen molar-refractivity contribution in [3.8, 4) is 0 Å². The van der Waals surface area contributed by atoms with Gasteiger partial charge in [-0.05, 0) is 70.4 Å². The van der Waals surface area contributed by atoms with Crippen LogP contribution in [0.4, 0.5) is 11.4 Å². The Balaban J connectivity index is 1.96. The summed E-state index contributed by atoms with van der Waals surface area (Å²) in [6.07, 6.45) is 0. The monoisotopic (exact) mass is 365 g/mol. The molecule has 0 saturated heterocycles. The minimum Gasteiger partial charge on any atom is -0.361 e. The number of nitrogens with one attached hydrogen (secondary N) is 1. The lowest BCUT2D eigenvalue weighted by Gasteiger charge is -2.44. The van der Waals surface area contributed by atoms with Crippen LogP contribution in [0, 0.1) is 27.7 Å². The summed E-state index contributed by atoms with van der Waals surface area (Å²) in [4.78, 5) is 21.7. The fraction of sp³-hybridized carbons (Fsp3) is 0.333. The molecule has 0 bridgehead atoms. The van der Waals surface area contributed by atoms with E-state index in [1.807, 2.05) is 18.7 Å². The second-order valence-electron chi connectivity index (χ2n) is 7.68. The van der Waals surface area contributed by atoms with Gasteiger partial charge < -0.3 is 5.32 Å². The molecule has 0 fully saturated rings. The van der Waals surface area contributed by atoms with Gasteiger partial charge in [0, 0.05) is 16.8 Å². The molecule has 1 amide bonds. The Hall–Kier alpha value is -2.40. The van der Waals surface area contributed by atoms with Crippen molar-refractivity contribution in [1.82, 2.24) is 4.98 Å². The van der Waals surface area contributed by atoms with Gasteiger partial charge in [-0.1, -0.05) is 12.1 Å². The van der Waals surface area contributed by atoms with E-state index in [4.69, 9.17) is 0 Å². The van der Waals surface area contributed by atoms with Gasteiger partial charge in [-0.15, -0.1) is 11.3 Å². The van der Waals surface area contributed by atoms with E-state index >= 15 is 0 Å². The van der Waals surface area contributed by atoms with Crippen LogP contribution in [-0.4, -0.2) is 16.6 Å². The molecule has 1 aliphatic heterocycles. The number of aromatic nitrogens is 1. The van der Waals surface area contributed by atoms with E-state index in [0.717, 1.165) is 48.9 Å². The van der Waals surface area contributed by atoms with Crippen molar-refractivity contribution in [1.29, 1.82) is 0 Å². The second kappa shape index (κ2) is 5.55. The van der Waals surface area contributed by atoms with Crippen LogP contribution in [0.1, 0.15) is 45.9 Å². The number of pyridine rings is 1. The number of thiophene rings is 1. The first kappa shape index (κ1) is 17.0. The molecule has 5 heteroatoms. The molecule has 0 atom stereocenters. The minimum absolute atomic E-state index is 0.0394. The Kier molecular flexibility index (Phi) is 3.63. The van der Waals surface area contributed by atoms with Crippen LogP contribution in [0.15, 0.2) is 24.3 Å². The summed E-state index contributed by atoms with van der Waals surface area (Å²) in [5, 5.41) is 4.69. The fourth-order valence-electron chi connectivity index (χ4n) is 3.80. The van der Waals surface area contributed by atoms with Crippen LogP contribution in [0.2, 0.25) is 0 Å². The number of aryl methyl sites for hydroxylation is 4. The maximum absolute atomic E-state index is 13.5. The summed E-state index contributed by atoms with van der Waals surface area (Å²) < 4.78 is 0. The zero-order chi connectivity index (χ0) is 18.8. The molecule has 0 radical (unpaired) electrons. The fourth-order valence-corrected chi connectivity index (χ4v) is 4.98. The molecule has 1 aliphatic rings. The topological polar surface area (TPSA) is 45.2 Å². The molecule has 0 unspecified atom stereocenters. The lowest BCUT2D eigenvalue weighted by Crippen LogP contribution is -2.56. The standard InChI is InChI=1S/C21H23N3OS/c1-11-7-8-12(2)15(9-11)24-20(25)18-17(23-21(24,5)6)16-13(3)10-14(4)22-19(16)26-18/h7-10,23H,1-6H3. The van der Waals surface area contributed by atoms with Crippen LogP contribution in [0.25, 0.3) is 10.2 Å². The Bertz CT molecular complexity index is 1060. The highest BCUT2D eigenvalue weighted by molar-refractivity contribution is 7.21. The highest BCUT2D eigenvalue weighted by atomic mass is 32.1. The Morgan fingerprint density at radius 3 is 2.54 bits per heavy atom. The number of carbonyl (C=O) groups is 1. The Labute approximate surface area is 157 Å². The zero-order valence-electron chi connectivity index (χ0n) is 16.0. The third-order valence-electron chi connectivity index (χ3n) is 4.98. The first-order chi connectivity index (χ1) is 12.2. The summed E-state index contributed by atoms with van der Waals surface area (Å²) in [5.41, 5.74) is 5.71. The third kappa shape index (κ3) is 2.42. The van der Waals surface area contributed by atoms with E-state index in [1.165, 1.54) is 11.3 Å². The van der Waals surface area contributed by atoms with Crippen molar-refractivity contribution in [2.45, 2.75) is 47.2 Å². The van der Waals surface area contributed by atoms with Gasteiger partial charge in [0.15, 0.2) is 0 Å². The van der Waals surface area contributed by atoms with E-state index in [1.54, 1.807) is 0 Å². The smallest absolute Gasteiger partial charge is 0.272 e. The van der Waals surface area contributed by atoms with Crippen molar-refractivity contribution >= 4 is 38.8 Å². The van der Waals surface area contributed by atoms with Crippen molar-refractivity contribution in [2.75, 3.05) is 10.2 Å². The van der Waals surface area contributed by atoms with Crippen molar-refractivity contribution in [3.05, 3.63) is 51.5 Å².